The summed E-state index contributed by atoms with van der Waals surface area (Å²) in [4.78, 5) is 13.2. The van der Waals surface area contributed by atoms with Crippen molar-refractivity contribution in [2.24, 2.45) is 0 Å². The predicted octanol–water partition coefficient (Wildman–Crippen LogP) is 2.75. The summed E-state index contributed by atoms with van der Waals surface area (Å²) in [5.41, 5.74) is 1.61. The van der Waals surface area contributed by atoms with E-state index in [1.54, 1.807) is 0 Å². The van der Waals surface area contributed by atoms with Crippen LogP contribution in [0.2, 0.25) is 0 Å². The number of carbonyl (C=O) groups is 1. The van der Waals surface area contributed by atoms with Crippen molar-refractivity contribution in [3.8, 4) is 6.07 Å². The van der Waals surface area contributed by atoms with Gasteiger partial charge in [0.2, 0.25) is 0 Å². The minimum Gasteiger partial charge on any atom is -0.374 e. The molecule has 0 fully saturated rings. The Bertz CT molecular complexity index is 420. The lowest BCUT2D eigenvalue weighted by molar-refractivity contribution is -0.118. The van der Waals surface area contributed by atoms with Crippen LogP contribution in [0.3, 0.4) is 0 Å². The summed E-state index contributed by atoms with van der Waals surface area (Å²) < 4.78 is 0. The second-order valence-corrected chi connectivity index (χ2v) is 4.05. The zero-order valence-electron chi connectivity index (χ0n) is 10.4. The van der Waals surface area contributed by atoms with Gasteiger partial charge in [-0.25, -0.2) is 0 Å². The van der Waals surface area contributed by atoms with Gasteiger partial charge in [0, 0.05) is 26.4 Å². The molecule has 0 bridgehead atoms. The van der Waals surface area contributed by atoms with Gasteiger partial charge >= 0.3 is 0 Å². The molecule has 0 atom stereocenters. The van der Waals surface area contributed by atoms with Gasteiger partial charge in [-0.05, 0) is 18.6 Å². The van der Waals surface area contributed by atoms with E-state index in [9.17, 15) is 4.79 Å². The number of hydrogen-bond acceptors (Lipinski definition) is 3. The summed E-state index contributed by atoms with van der Waals surface area (Å²) in [6.45, 7) is 2.68. The molecule has 17 heavy (non-hydrogen) atoms. The highest BCUT2D eigenvalue weighted by Crippen LogP contribution is 2.18. The number of hydrogen-bond donors (Lipinski definition) is 0. The minimum atomic E-state index is 0.298. The largest absolute Gasteiger partial charge is 0.374 e. The number of para-hydroxylation sites is 1. The third kappa shape index (κ3) is 3.92. The van der Waals surface area contributed by atoms with Crippen molar-refractivity contribution in [2.75, 3.05) is 18.5 Å². The molecular formula is C14H18N2O. The third-order valence-corrected chi connectivity index (χ3v) is 2.78. The maximum Gasteiger partial charge on any atom is 0.132 e. The fourth-order valence-electron chi connectivity index (χ4n) is 1.71. The molecule has 0 spiro atoms. The second-order valence-electron chi connectivity index (χ2n) is 4.05. The van der Waals surface area contributed by atoms with E-state index in [1.807, 2.05) is 43.1 Å². The summed E-state index contributed by atoms with van der Waals surface area (Å²) in [5.74, 6) is 0.298. The fourth-order valence-corrected chi connectivity index (χ4v) is 1.71. The van der Waals surface area contributed by atoms with E-state index in [1.165, 1.54) is 0 Å². The molecule has 0 heterocycles. The average molecular weight is 230 g/mol. The first kappa shape index (κ1) is 13.2. The molecule has 0 N–H and O–H groups in total. The van der Waals surface area contributed by atoms with Crippen LogP contribution >= 0.6 is 0 Å². The number of ketones is 1. The first-order valence-corrected chi connectivity index (χ1v) is 5.91. The fraction of sp³-hybridized carbons (Fsp3) is 0.429. The summed E-state index contributed by atoms with van der Waals surface area (Å²) in [6.07, 6.45) is 2.07. The highest BCUT2D eigenvalue weighted by Gasteiger charge is 2.06. The van der Waals surface area contributed by atoms with E-state index >= 15 is 0 Å². The van der Waals surface area contributed by atoms with Crippen LogP contribution in [0, 0.1) is 11.3 Å². The second kappa shape index (κ2) is 6.70. The molecule has 1 aromatic rings. The molecule has 0 unspecified atom stereocenters. The average Bonchev–Trinajstić information content (AvgIpc) is 2.38. The normalized spacial score (nSPS) is 9.71. The van der Waals surface area contributed by atoms with E-state index in [-0.39, 0.29) is 0 Å². The monoisotopic (exact) mass is 230 g/mol. The highest BCUT2D eigenvalue weighted by molar-refractivity contribution is 5.78. The molecule has 1 rings (SSSR count). The van der Waals surface area contributed by atoms with Crippen molar-refractivity contribution < 1.29 is 4.79 Å². The van der Waals surface area contributed by atoms with Crippen LogP contribution < -0.4 is 4.90 Å². The van der Waals surface area contributed by atoms with Gasteiger partial charge in [-0.2, -0.15) is 5.26 Å². The predicted molar refractivity (Wildman–Crippen MR) is 69.0 cm³/mol. The SMILES string of the molecule is CCC(=O)CCCN(C)c1ccccc1C#N. The number of Topliss-reactive ketones (excluding diaryl/α,β-unsaturated/α-hetero) is 1. The molecular weight excluding hydrogens is 212 g/mol. The maximum atomic E-state index is 11.2. The summed E-state index contributed by atoms with van der Waals surface area (Å²) >= 11 is 0. The number of rotatable bonds is 6. The van der Waals surface area contributed by atoms with Gasteiger partial charge in [-0.15, -0.1) is 0 Å². The maximum absolute atomic E-state index is 11.2. The van der Waals surface area contributed by atoms with Crippen LogP contribution in [-0.2, 0) is 4.79 Å². The van der Waals surface area contributed by atoms with Gasteiger partial charge in [0.15, 0.2) is 0 Å². The quantitative estimate of drug-likeness (QED) is 0.754. The minimum absolute atomic E-state index is 0.298. The van der Waals surface area contributed by atoms with Crippen LogP contribution in [0.15, 0.2) is 24.3 Å². The van der Waals surface area contributed by atoms with Crippen molar-refractivity contribution in [3.05, 3.63) is 29.8 Å². The van der Waals surface area contributed by atoms with Crippen molar-refractivity contribution in [1.29, 1.82) is 5.26 Å². The van der Waals surface area contributed by atoms with E-state index in [2.05, 4.69) is 6.07 Å². The molecule has 0 aliphatic heterocycles. The summed E-state index contributed by atoms with van der Waals surface area (Å²) in [7, 11) is 1.95. The Balaban J connectivity index is 2.55. The van der Waals surface area contributed by atoms with Crippen LogP contribution in [0.5, 0.6) is 0 Å². The van der Waals surface area contributed by atoms with E-state index in [0.29, 0.717) is 24.2 Å². The number of carbonyl (C=O) groups excluding carboxylic acids is 1. The van der Waals surface area contributed by atoms with E-state index in [0.717, 1.165) is 18.7 Å². The van der Waals surface area contributed by atoms with E-state index < -0.39 is 0 Å². The number of anilines is 1. The molecule has 0 aromatic heterocycles. The number of benzene rings is 1. The Labute approximate surface area is 103 Å². The standard InChI is InChI=1S/C14H18N2O/c1-3-13(17)8-6-10-16(2)14-9-5-4-7-12(14)11-15/h4-5,7,9H,3,6,8,10H2,1-2H3. The first-order valence-electron chi connectivity index (χ1n) is 5.91. The smallest absolute Gasteiger partial charge is 0.132 e. The molecule has 1 aromatic carbocycles. The van der Waals surface area contributed by atoms with Crippen molar-refractivity contribution in [1.82, 2.24) is 0 Å². The summed E-state index contributed by atoms with van der Waals surface area (Å²) in [6, 6.07) is 9.70. The summed E-state index contributed by atoms with van der Waals surface area (Å²) in [5, 5.41) is 8.99. The van der Waals surface area contributed by atoms with Crippen LogP contribution in [0.4, 0.5) is 5.69 Å². The molecule has 0 radical (unpaired) electrons. The Morgan fingerprint density at radius 2 is 2.12 bits per heavy atom. The van der Waals surface area contributed by atoms with Gasteiger partial charge in [-0.1, -0.05) is 19.1 Å². The lowest BCUT2D eigenvalue weighted by Crippen LogP contribution is -2.20. The zero-order chi connectivity index (χ0) is 12.7. The molecule has 0 amide bonds. The van der Waals surface area contributed by atoms with Crippen molar-refractivity contribution in [3.63, 3.8) is 0 Å². The Morgan fingerprint density at radius 1 is 1.41 bits per heavy atom. The van der Waals surface area contributed by atoms with Crippen LogP contribution in [-0.4, -0.2) is 19.4 Å². The number of nitrogens with zero attached hydrogens (tertiary/aromatic N) is 2. The Morgan fingerprint density at radius 3 is 2.76 bits per heavy atom. The van der Waals surface area contributed by atoms with Crippen molar-refractivity contribution >= 4 is 11.5 Å². The van der Waals surface area contributed by atoms with E-state index in [4.69, 9.17) is 5.26 Å². The molecule has 0 aliphatic rings. The van der Waals surface area contributed by atoms with Crippen molar-refractivity contribution in [2.45, 2.75) is 26.2 Å². The Kier molecular flexibility index (Phi) is 5.22. The van der Waals surface area contributed by atoms with Crippen LogP contribution in [0.1, 0.15) is 31.7 Å². The first-order chi connectivity index (χ1) is 8.19. The molecule has 3 nitrogen and oxygen atoms in total. The van der Waals surface area contributed by atoms with Gasteiger partial charge in [-0.3, -0.25) is 4.79 Å². The van der Waals surface area contributed by atoms with Gasteiger partial charge in [0.05, 0.1) is 11.3 Å². The lowest BCUT2D eigenvalue weighted by atomic mass is 10.1. The van der Waals surface area contributed by atoms with Gasteiger partial charge in [0.1, 0.15) is 11.9 Å². The lowest BCUT2D eigenvalue weighted by Gasteiger charge is -2.20. The molecule has 0 aliphatic carbocycles. The molecule has 0 saturated heterocycles. The van der Waals surface area contributed by atoms with Gasteiger partial charge in [0.25, 0.3) is 0 Å². The Hall–Kier alpha value is -1.82. The van der Waals surface area contributed by atoms with Gasteiger partial charge < -0.3 is 4.90 Å². The zero-order valence-corrected chi connectivity index (χ0v) is 10.4. The third-order valence-electron chi connectivity index (χ3n) is 2.78. The number of nitriles is 1. The highest BCUT2D eigenvalue weighted by atomic mass is 16.1. The topological polar surface area (TPSA) is 44.1 Å². The van der Waals surface area contributed by atoms with Crippen LogP contribution in [0.25, 0.3) is 0 Å². The molecule has 3 heteroatoms. The molecule has 90 valence electrons. The molecule has 0 saturated carbocycles.